The van der Waals surface area contributed by atoms with Gasteiger partial charge in [-0.1, -0.05) is 23.5 Å². The van der Waals surface area contributed by atoms with Crippen LogP contribution in [-0.4, -0.2) is 44.6 Å². The maximum atomic E-state index is 13.6. The van der Waals surface area contributed by atoms with Gasteiger partial charge in [-0.25, -0.2) is 4.39 Å². The van der Waals surface area contributed by atoms with Gasteiger partial charge in [0.2, 0.25) is 11.8 Å². The largest absolute Gasteiger partial charge is 0.480 e. The number of nitrogens with one attached hydrogen (secondary N) is 1. The number of carboxylic acids is 1. The molecule has 10 heteroatoms. The van der Waals surface area contributed by atoms with E-state index < -0.39 is 24.3 Å². The van der Waals surface area contributed by atoms with Gasteiger partial charge in [0.1, 0.15) is 12.4 Å². The van der Waals surface area contributed by atoms with Gasteiger partial charge in [-0.05, 0) is 41.9 Å². The standard InChI is InChI=1S/C21H17FN2O5S2/c22-8-3-1-7(2-4-8)12-13-9-5-10(16(13)30-18-17(12)31-21(29)23-18)15-14(9)19(27)24(20(15)28)6-11(25)26/h1-4,9-10,12-16H,5-6H2,(H,23,29)(H,25,26)/t9-,10+,12-,13+,14+,15+,16+/m0/s1. The van der Waals surface area contributed by atoms with Crippen LogP contribution in [0.3, 0.4) is 0 Å². The van der Waals surface area contributed by atoms with E-state index in [9.17, 15) is 23.6 Å². The molecule has 2 N–H and O–H groups in total. The zero-order chi connectivity index (χ0) is 21.6. The molecule has 4 aliphatic rings. The summed E-state index contributed by atoms with van der Waals surface area (Å²) < 4.78 is 13.6. The van der Waals surface area contributed by atoms with Crippen molar-refractivity contribution in [3.05, 3.63) is 50.2 Å². The predicted octanol–water partition coefficient (Wildman–Crippen LogP) is 2.13. The summed E-state index contributed by atoms with van der Waals surface area (Å²) in [6, 6.07) is 6.25. The fraction of sp³-hybridized carbons (Fsp3) is 0.429. The summed E-state index contributed by atoms with van der Waals surface area (Å²) in [5.74, 6) is -3.62. The molecule has 2 saturated carbocycles. The summed E-state index contributed by atoms with van der Waals surface area (Å²) in [6.07, 6.45) is 0.729. The average Bonchev–Trinajstić information content (AvgIpc) is 3.44. The first-order valence-corrected chi connectivity index (χ1v) is 11.8. The molecule has 1 aromatic heterocycles. The number of aromatic amines is 1. The van der Waals surface area contributed by atoms with Crippen molar-refractivity contribution in [2.45, 2.75) is 22.6 Å². The summed E-state index contributed by atoms with van der Waals surface area (Å²) >= 11 is 2.71. The highest BCUT2D eigenvalue weighted by Crippen LogP contribution is 2.68. The Hall–Kier alpha value is -2.46. The maximum absolute atomic E-state index is 13.6. The van der Waals surface area contributed by atoms with Gasteiger partial charge in [-0.3, -0.25) is 24.1 Å². The Labute approximate surface area is 183 Å². The molecule has 2 bridgehead atoms. The van der Waals surface area contributed by atoms with Crippen LogP contribution in [0, 0.1) is 35.4 Å². The Morgan fingerprint density at radius 1 is 1.13 bits per heavy atom. The summed E-state index contributed by atoms with van der Waals surface area (Å²) in [7, 11) is 0. The Kier molecular flexibility index (Phi) is 4.05. The number of hydrogen-bond donors (Lipinski definition) is 2. The van der Waals surface area contributed by atoms with Gasteiger partial charge in [0, 0.05) is 16.0 Å². The third-order valence-corrected chi connectivity index (χ3v) is 9.93. The zero-order valence-corrected chi connectivity index (χ0v) is 17.6. The van der Waals surface area contributed by atoms with E-state index in [4.69, 9.17) is 5.11 Å². The third kappa shape index (κ3) is 2.57. The number of carboxylic acid groups (broad SMARTS) is 1. The van der Waals surface area contributed by atoms with E-state index in [2.05, 4.69) is 4.98 Å². The number of thioether (sulfide) groups is 1. The van der Waals surface area contributed by atoms with E-state index in [1.165, 1.54) is 12.1 Å². The molecular formula is C21H17FN2O5S2. The lowest BCUT2D eigenvalue weighted by Crippen LogP contribution is -2.42. The number of benzene rings is 1. The quantitative estimate of drug-likeness (QED) is 0.680. The summed E-state index contributed by atoms with van der Waals surface area (Å²) in [6.45, 7) is -0.603. The third-order valence-electron chi connectivity index (χ3n) is 7.34. The minimum Gasteiger partial charge on any atom is -0.480 e. The van der Waals surface area contributed by atoms with E-state index in [0.29, 0.717) is 0 Å². The molecule has 2 aromatic rings. The molecule has 0 unspecified atom stereocenters. The number of carbonyl (C=O) groups excluding carboxylic acids is 2. The number of likely N-dealkylation sites (tertiary alicyclic amines) is 1. The van der Waals surface area contributed by atoms with Crippen LogP contribution in [-0.2, 0) is 14.4 Å². The molecule has 0 radical (unpaired) electrons. The van der Waals surface area contributed by atoms with Crippen molar-refractivity contribution in [1.82, 2.24) is 9.88 Å². The number of fused-ring (bicyclic) bond motifs is 9. The molecule has 1 saturated heterocycles. The number of nitrogens with zero attached hydrogens (tertiary/aromatic N) is 1. The molecule has 2 aliphatic heterocycles. The van der Waals surface area contributed by atoms with Gasteiger partial charge in [0.15, 0.2) is 0 Å². The molecule has 2 amide bonds. The SMILES string of the molecule is O=C(O)CN1C(=O)[C@@H]2[C@H]3C[C@@H]([C@H]4Sc5[nH]c(=O)sc5[C@@H](c5ccc(F)cc5)[C@@H]34)[C@H]2C1=O. The number of aromatic nitrogens is 1. The molecule has 6 rings (SSSR count). The number of aliphatic carboxylic acids is 1. The number of rotatable bonds is 3. The van der Waals surface area contributed by atoms with Gasteiger partial charge < -0.3 is 10.1 Å². The molecule has 2 aliphatic carbocycles. The zero-order valence-electron chi connectivity index (χ0n) is 16.0. The topological polar surface area (TPSA) is 108 Å². The highest BCUT2D eigenvalue weighted by molar-refractivity contribution is 8.00. The molecule has 7 atom stereocenters. The van der Waals surface area contributed by atoms with Crippen molar-refractivity contribution >= 4 is 40.9 Å². The molecule has 160 valence electrons. The summed E-state index contributed by atoms with van der Waals surface area (Å²) in [4.78, 5) is 53.9. The van der Waals surface area contributed by atoms with Crippen LogP contribution in [0.25, 0.3) is 0 Å². The van der Waals surface area contributed by atoms with Crippen LogP contribution in [0.4, 0.5) is 4.39 Å². The molecule has 31 heavy (non-hydrogen) atoms. The van der Waals surface area contributed by atoms with Gasteiger partial charge in [-0.15, -0.1) is 11.8 Å². The van der Waals surface area contributed by atoms with Crippen LogP contribution in [0.15, 0.2) is 34.1 Å². The lowest BCUT2D eigenvalue weighted by atomic mass is 9.68. The van der Waals surface area contributed by atoms with Crippen molar-refractivity contribution in [3.63, 3.8) is 0 Å². The second kappa shape index (κ2) is 6.52. The number of H-pyrrole nitrogens is 1. The summed E-state index contributed by atoms with van der Waals surface area (Å²) in [5, 5.41) is 9.96. The molecule has 0 spiro atoms. The van der Waals surface area contributed by atoms with Gasteiger partial charge in [-0.2, -0.15) is 0 Å². The Morgan fingerprint density at radius 2 is 1.81 bits per heavy atom. The van der Waals surface area contributed by atoms with Crippen LogP contribution in [0.1, 0.15) is 22.8 Å². The minimum atomic E-state index is -1.20. The Balaban J connectivity index is 1.45. The number of halogens is 1. The fourth-order valence-corrected chi connectivity index (χ4v) is 9.30. The second-order valence-corrected chi connectivity index (χ2v) is 10.9. The van der Waals surface area contributed by atoms with E-state index in [1.54, 1.807) is 23.9 Å². The van der Waals surface area contributed by atoms with Crippen molar-refractivity contribution in [1.29, 1.82) is 0 Å². The van der Waals surface area contributed by atoms with E-state index in [0.717, 1.165) is 38.1 Å². The lowest BCUT2D eigenvalue weighted by Gasteiger charge is -2.43. The van der Waals surface area contributed by atoms with Gasteiger partial charge in [0.05, 0.1) is 16.9 Å². The molecule has 1 aromatic carbocycles. The number of thiazole rings is 1. The first kappa shape index (κ1) is 19.2. The van der Waals surface area contributed by atoms with Crippen molar-refractivity contribution in [3.8, 4) is 0 Å². The van der Waals surface area contributed by atoms with Crippen LogP contribution in [0.5, 0.6) is 0 Å². The lowest BCUT2D eigenvalue weighted by molar-refractivity contribution is -0.149. The average molecular weight is 461 g/mol. The van der Waals surface area contributed by atoms with Crippen molar-refractivity contribution in [2.24, 2.45) is 29.6 Å². The number of amides is 2. The second-order valence-electron chi connectivity index (χ2n) is 8.67. The van der Waals surface area contributed by atoms with E-state index in [-0.39, 0.29) is 51.4 Å². The smallest absolute Gasteiger partial charge is 0.323 e. The first-order valence-electron chi connectivity index (χ1n) is 10.1. The molecule has 7 nitrogen and oxygen atoms in total. The number of carbonyl (C=O) groups is 3. The molecular weight excluding hydrogens is 443 g/mol. The number of hydrogen-bond acceptors (Lipinski definition) is 6. The van der Waals surface area contributed by atoms with E-state index >= 15 is 0 Å². The monoisotopic (exact) mass is 460 g/mol. The van der Waals surface area contributed by atoms with Crippen LogP contribution in [0.2, 0.25) is 0 Å². The Bertz CT molecular complexity index is 1190. The highest BCUT2D eigenvalue weighted by Gasteiger charge is 2.69. The predicted molar refractivity (Wildman–Crippen MR) is 109 cm³/mol. The highest BCUT2D eigenvalue weighted by atomic mass is 32.2. The van der Waals surface area contributed by atoms with E-state index in [1.807, 2.05) is 0 Å². The normalized spacial score (nSPS) is 35.3. The molecule has 3 heterocycles. The maximum Gasteiger partial charge on any atom is 0.323 e. The fourth-order valence-electron chi connectivity index (χ4n) is 6.41. The van der Waals surface area contributed by atoms with Crippen molar-refractivity contribution in [2.75, 3.05) is 6.54 Å². The minimum absolute atomic E-state index is 0.0159. The van der Waals surface area contributed by atoms with Crippen molar-refractivity contribution < 1.29 is 23.9 Å². The molecule has 3 fully saturated rings. The number of imide groups is 1. The van der Waals surface area contributed by atoms with Crippen LogP contribution < -0.4 is 4.87 Å². The van der Waals surface area contributed by atoms with Gasteiger partial charge >= 0.3 is 10.8 Å². The van der Waals surface area contributed by atoms with Gasteiger partial charge in [0.25, 0.3) is 0 Å². The first-order chi connectivity index (χ1) is 14.8. The Morgan fingerprint density at radius 3 is 2.48 bits per heavy atom. The van der Waals surface area contributed by atoms with Crippen LogP contribution >= 0.6 is 23.1 Å². The summed E-state index contributed by atoms with van der Waals surface area (Å²) in [5.41, 5.74) is 0.886.